The molecule has 0 aromatic carbocycles. The van der Waals surface area contributed by atoms with E-state index in [1.807, 2.05) is 7.05 Å². The Labute approximate surface area is 100 Å². The highest BCUT2D eigenvalue weighted by molar-refractivity contribution is 7.98. The molecule has 0 spiro atoms. The fraction of sp³-hybridized carbons (Fsp3) is 0.500. The molecular formula is C10H16ClN3S. The lowest BCUT2D eigenvalue weighted by Gasteiger charge is -2.26. The summed E-state index contributed by atoms with van der Waals surface area (Å²) in [6.45, 7) is 2.15. The number of thioether (sulfide) groups is 1. The third-order valence-corrected chi connectivity index (χ3v) is 3.29. The second-order valence-electron chi connectivity index (χ2n) is 3.48. The quantitative estimate of drug-likeness (QED) is 0.885. The van der Waals surface area contributed by atoms with Crippen LogP contribution in [-0.4, -0.2) is 30.1 Å². The van der Waals surface area contributed by atoms with Crippen LogP contribution in [-0.2, 0) is 0 Å². The van der Waals surface area contributed by atoms with Crippen molar-refractivity contribution in [3.8, 4) is 0 Å². The SMILES string of the molecule is CSCC(C)N(C)c1ncc(Cl)cc1N. The zero-order chi connectivity index (χ0) is 11.4. The molecule has 0 fully saturated rings. The van der Waals surface area contributed by atoms with Gasteiger partial charge in [0.25, 0.3) is 0 Å². The van der Waals surface area contributed by atoms with Crippen LogP contribution in [0.3, 0.4) is 0 Å². The zero-order valence-electron chi connectivity index (χ0n) is 9.20. The molecule has 84 valence electrons. The van der Waals surface area contributed by atoms with E-state index in [9.17, 15) is 0 Å². The van der Waals surface area contributed by atoms with Gasteiger partial charge in [0.2, 0.25) is 0 Å². The molecule has 0 bridgehead atoms. The van der Waals surface area contributed by atoms with Crippen molar-refractivity contribution in [1.29, 1.82) is 0 Å². The summed E-state index contributed by atoms with van der Waals surface area (Å²) in [7, 11) is 1.99. The average molecular weight is 246 g/mol. The normalized spacial score (nSPS) is 12.5. The Morgan fingerprint density at radius 2 is 2.33 bits per heavy atom. The van der Waals surface area contributed by atoms with E-state index in [0.717, 1.165) is 11.6 Å². The van der Waals surface area contributed by atoms with Crippen LogP contribution in [0.5, 0.6) is 0 Å². The first-order chi connectivity index (χ1) is 7.06. The van der Waals surface area contributed by atoms with E-state index in [4.69, 9.17) is 17.3 Å². The van der Waals surface area contributed by atoms with Gasteiger partial charge in [0, 0.05) is 25.0 Å². The van der Waals surface area contributed by atoms with Gasteiger partial charge in [-0.25, -0.2) is 4.98 Å². The maximum absolute atomic E-state index is 5.86. The molecule has 2 N–H and O–H groups in total. The second-order valence-corrected chi connectivity index (χ2v) is 4.83. The topological polar surface area (TPSA) is 42.2 Å². The standard InChI is InChI=1S/C10H16ClN3S/c1-7(6-15-3)14(2)10-9(12)4-8(11)5-13-10/h4-5,7H,6,12H2,1-3H3. The van der Waals surface area contributed by atoms with Crippen LogP contribution >= 0.6 is 23.4 Å². The third-order valence-electron chi connectivity index (χ3n) is 2.26. The van der Waals surface area contributed by atoms with Gasteiger partial charge in [0.1, 0.15) is 0 Å². The molecule has 1 aromatic heterocycles. The lowest BCUT2D eigenvalue weighted by Crippen LogP contribution is -2.32. The monoisotopic (exact) mass is 245 g/mol. The van der Waals surface area contributed by atoms with Gasteiger partial charge in [-0.2, -0.15) is 11.8 Å². The highest BCUT2D eigenvalue weighted by Crippen LogP contribution is 2.24. The molecule has 0 aliphatic rings. The largest absolute Gasteiger partial charge is 0.396 e. The summed E-state index contributed by atoms with van der Waals surface area (Å²) in [5, 5.41) is 0.571. The van der Waals surface area contributed by atoms with E-state index in [0.29, 0.717) is 16.8 Å². The minimum absolute atomic E-state index is 0.399. The summed E-state index contributed by atoms with van der Waals surface area (Å²) in [6.07, 6.45) is 3.71. The molecule has 0 aliphatic carbocycles. The first kappa shape index (κ1) is 12.5. The van der Waals surface area contributed by atoms with Gasteiger partial charge in [-0.1, -0.05) is 11.6 Å². The smallest absolute Gasteiger partial charge is 0.151 e. The minimum atomic E-state index is 0.399. The molecule has 1 aromatic rings. The lowest BCUT2D eigenvalue weighted by molar-refractivity contribution is 0.755. The Hall–Kier alpha value is -0.610. The molecule has 0 saturated carbocycles. The Bertz CT molecular complexity index is 332. The molecule has 5 heteroatoms. The summed E-state index contributed by atoms with van der Waals surface area (Å²) in [5.41, 5.74) is 6.48. The van der Waals surface area contributed by atoms with Crippen LogP contribution < -0.4 is 10.6 Å². The van der Waals surface area contributed by atoms with Crippen molar-refractivity contribution >= 4 is 34.9 Å². The third kappa shape index (κ3) is 3.18. The van der Waals surface area contributed by atoms with E-state index in [2.05, 4.69) is 23.1 Å². The summed E-state index contributed by atoms with van der Waals surface area (Å²) < 4.78 is 0. The summed E-state index contributed by atoms with van der Waals surface area (Å²) in [6, 6.07) is 2.13. The molecule has 0 amide bonds. The molecule has 1 heterocycles. The molecule has 1 unspecified atom stereocenters. The van der Waals surface area contributed by atoms with Crippen LogP contribution in [0, 0.1) is 0 Å². The van der Waals surface area contributed by atoms with Crippen LogP contribution in [0.25, 0.3) is 0 Å². The number of nitrogens with zero attached hydrogens (tertiary/aromatic N) is 2. The van der Waals surface area contributed by atoms with E-state index in [1.165, 1.54) is 0 Å². The number of anilines is 2. The van der Waals surface area contributed by atoms with Gasteiger partial charge >= 0.3 is 0 Å². The summed E-state index contributed by atoms with van der Waals surface area (Å²) in [4.78, 5) is 6.31. The average Bonchev–Trinajstić information content (AvgIpc) is 2.17. The van der Waals surface area contributed by atoms with E-state index in [-0.39, 0.29) is 0 Å². The molecule has 3 nitrogen and oxygen atoms in total. The van der Waals surface area contributed by atoms with Crippen LogP contribution in [0.4, 0.5) is 11.5 Å². The van der Waals surface area contributed by atoms with Crippen molar-refractivity contribution in [1.82, 2.24) is 4.98 Å². The Morgan fingerprint density at radius 3 is 2.87 bits per heavy atom. The first-order valence-electron chi connectivity index (χ1n) is 4.69. The second kappa shape index (κ2) is 5.47. The van der Waals surface area contributed by atoms with Crippen molar-refractivity contribution in [2.75, 3.05) is 29.7 Å². The molecule has 15 heavy (non-hydrogen) atoms. The number of pyridine rings is 1. The van der Waals surface area contributed by atoms with Crippen molar-refractivity contribution in [3.63, 3.8) is 0 Å². The number of hydrogen-bond acceptors (Lipinski definition) is 4. The maximum atomic E-state index is 5.86. The number of halogens is 1. The number of nitrogens with two attached hydrogens (primary N) is 1. The highest BCUT2D eigenvalue weighted by atomic mass is 35.5. The van der Waals surface area contributed by atoms with E-state index < -0.39 is 0 Å². The maximum Gasteiger partial charge on any atom is 0.151 e. The van der Waals surface area contributed by atoms with Crippen molar-refractivity contribution in [2.24, 2.45) is 0 Å². The molecule has 1 rings (SSSR count). The summed E-state index contributed by atoms with van der Waals surface area (Å²) >= 11 is 7.60. The molecular weight excluding hydrogens is 230 g/mol. The van der Waals surface area contributed by atoms with E-state index in [1.54, 1.807) is 24.0 Å². The predicted molar refractivity (Wildman–Crippen MR) is 69.9 cm³/mol. The predicted octanol–water partition coefficient (Wildman–Crippen LogP) is 2.50. The number of nitrogen functional groups attached to an aromatic ring is 1. The van der Waals surface area contributed by atoms with Gasteiger partial charge in [0.15, 0.2) is 5.82 Å². The van der Waals surface area contributed by atoms with Crippen molar-refractivity contribution < 1.29 is 0 Å². The minimum Gasteiger partial charge on any atom is -0.396 e. The van der Waals surface area contributed by atoms with Gasteiger partial charge in [-0.3, -0.25) is 0 Å². The fourth-order valence-electron chi connectivity index (χ4n) is 1.30. The fourth-order valence-corrected chi connectivity index (χ4v) is 2.18. The molecule has 0 aliphatic heterocycles. The van der Waals surface area contributed by atoms with Gasteiger partial charge in [0.05, 0.1) is 10.7 Å². The van der Waals surface area contributed by atoms with Crippen LogP contribution in [0.1, 0.15) is 6.92 Å². The van der Waals surface area contributed by atoms with Crippen LogP contribution in [0.2, 0.25) is 5.02 Å². The Morgan fingerprint density at radius 1 is 1.67 bits per heavy atom. The first-order valence-corrected chi connectivity index (χ1v) is 6.46. The number of aromatic nitrogens is 1. The van der Waals surface area contributed by atoms with Gasteiger partial charge in [-0.05, 0) is 19.2 Å². The Balaban J connectivity index is 2.86. The van der Waals surface area contributed by atoms with Gasteiger partial charge in [-0.15, -0.1) is 0 Å². The van der Waals surface area contributed by atoms with Crippen molar-refractivity contribution in [2.45, 2.75) is 13.0 Å². The molecule has 1 atom stereocenters. The zero-order valence-corrected chi connectivity index (χ0v) is 10.8. The van der Waals surface area contributed by atoms with Gasteiger partial charge < -0.3 is 10.6 Å². The van der Waals surface area contributed by atoms with Crippen LogP contribution in [0.15, 0.2) is 12.3 Å². The summed E-state index contributed by atoms with van der Waals surface area (Å²) in [5.74, 6) is 1.83. The molecule has 0 saturated heterocycles. The molecule has 0 radical (unpaired) electrons. The highest BCUT2D eigenvalue weighted by Gasteiger charge is 2.13. The van der Waals surface area contributed by atoms with E-state index >= 15 is 0 Å². The number of hydrogen-bond donors (Lipinski definition) is 1. The van der Waals surface area contributed by atoms with Crippen molar-refractivity contribution in [3.05, 3.63) is 17.3 Å². The Kier molecular flexibility index (Phi) is 4.54. The number of rotatable bonds is 4. The lowest BCUT2D eigenvalue weighted by atomic mass is 10.3.